The van der Waals surface area contributed by atoms with Crippen molar-refractivity contribution in [3.63, 3.8) is 0 Å². The van der Waals surface area contributed by atoms with Crippen LogP contribution in [-0.4, -0.2) is 0 Å². The Morgan fingerprint density at radius 1 is 0.564 bits per heavy atom. The van der Waals surface area contributed by atoms with Crippen LogP contribution in [0, 0.1) is 0 Å². The third kappa shape index (κ3) is 4.40. The first kappa shape index (κ1) is 23.8. The van der Waals surface area contributed by atoms with Crippen molar-refractivity contribution in [1.29, 1.82) is 0 Å². The van der Waals surface area contributed by atoms with E-state index in [-0.39, 0.29) is 6.04 Å². The van der Waals surface area contributed by atoms with Crippen LogP contribution in [0.15, 0.2) is 142 Å². The largest absolute Gasteiger partial charge is 0.408 e. The molecule has 7 rings (SSSR count). The molecular weight excluding hydrogens is 497 g/mol. The van der Waals surface area contributed by atoms with Gasteiger partial charge < -0.3 is 8.39 Å². The second-order valence-electron chi connectivity index (χ2n) is 9.91. The van der Waals surface area contributed by atoms with Gasteiger partial charge in [0.15, 0.2) is 0 Å². The molecule has 0 bridgehead atoms. The van der Waals surface area contributed by atoms with E-state index < -0.39 is 8.16 Å². The van der Waals surface area contributed by atoms with E-state index in [1.807, 2.05) is 0 Å². The monoisotopic (exact) mass is 525 g/mol. The number of nitrogens with zero attached hydrogens (tertiary/aromatic N) is 1. The number of hydrogen-bond donors (Lipinski definition) is 0. The number of fused-ring (bicyclic) bond motifs is 7. The van der Waals surface area contributed by atoms with Gasteiger partial charge >= 0.3 is 8.16 Å². The summed E-state index contributed by atoms with van der Waals surface area (Å²) in [7, 11) is -1.50. The zero-order valence-corrected chi connectivity index (χ0v) is 22.6. The summed E-state index contributed by atoms with van der Waals surface area (Å²) in [4.78, 5) is 0. The molecule has 0 aliphatic heterocycles. The van der Waals surface area contributed by atoms with E-state index in [0.717, 1.165) is 21.9 Å². The Bertz CT molecular complexity index is 1870. The first-order valence-electron chi connectivity index (χ1n) is 13.3. The van der Waals surface area contributed by atoms with Gasteiger partial charge in [-0.2, -0.15) is 4.67 Å². The van der Waals surface area contributed by atoms with E-state index >= 15 is 0 Å². The van der Waals surface area contributed by atoms with Crippen molar-refractivity contribution >= 4 is 51.6 Å². The van der Waals surface area contributed by atoms with Gasteiger partial charge in [0.1, 0.15) is 11.2 Å². The molecule has 0 unspecified atom stereocenters. The first-order chi connectivity index (χ1) is 19.3. The maximum absolute atomic E-state index is 6.94. The van der Waals surface area contributed by atoms with Crippen LogP contribution in [0.1, 0.15) is 24.1 Å². The SMILES string of the molecule is C[C@@H](c1ccccc1)N(Cc1ccccc1)p1oc2ccc3ccccc3c2c2c(ccc3ccccc32)o1. The van der Waals surface area contributed by atoms with Gasteiger partial charge in [0.25, 0.3) is 0 Å². The Kier molecular flexibility index (Phi) is 6.17. The zero-order chi connectivity index (χ0) is 26.2. The number of rotatable bonds is 5. The van der Waals surface area contributed by atoms with Crippen LogP contribution in [0.3, 0.4) is 0 Å². The third-order valence-corrected chi connectivity index (χ3v) is 9.12. The molecule has 0 saturated carbocycles. The molecule has 0 aliphatic rings. The smallest absolute Gasteiger partial charge is 0.310 e. The van der Waals surface area contributed by atoms with Crippen LogP contribution in [0.5, 0.6) is 0 Å². The predicted octanol–water partition coefficient (Wildman–Crippen LogP) is 10.5. The molecule has 0 radical (unpaired) electrons. The Labute approximate surface area is 228 Å². The minimum atomic E-state index is -1.50. The van der Waals surface area contributed by atoms with E-state index in [1.165, 1.54) is 32.7 Å². The fourth-order valence-electron chi connectivity index (χ4n) is 5.47. The lowest BCUT2D eigenvalue weighted by Crippen LogP contribution is -2.23. The van der Waals surface area contributed by atoms with Crippen LogP contribution >= 0.6 is 8.16 Å². The molecule has 1 heterocycles. The summed E-state index contributed by atoms with van der Waals surface area (Å²) >= 11 is 0. The standard InChI is InChI=1S/C35H28NO2P/c1-25(27-14-6-3-7-15-27)36(24-26-12-4-2-5-13-26)39-37-32-22-20-28-16-8-10-18-30(28)34(32)35-31-19-11-9-17-29(31)21-23-33(35)38-39/h2-23,25H,24H2,1H3/t25-/m0/s1. The van der Waals surface area contributed by atoms with Gasteiger partial charge in [-0.05, 0) is 51.7 Å². The maximum Gasteiger partial charge on any atom is 0.310 e. The van der Waals surface area contributed by atoms with Crippen LogP contribution in [0.25, 0.3) is 43.5 Å². The summed E-state index contributed by atoms with van der Waals surface area (Å²) in [6.45, 7) is 2.94. The molecular formula is C35H28NO2P. The molecule has 1 atom stereocenters. The number of benzene rings is 6. The molecule has 0 fully saturated rings. The molecule has 0 saturated heterocycles. The summed E-state index contributed by atoms with van der Waals surface area (Å²) in [5.74, 6) is 0. The van der Waals surface area contributed by atoms with Gasteiger partial charge in [-0.15, -0.1) is 0 Å². The van der Waals surface area contributed by atoms with Gasteiger partial charge in [-0.1, -0.05) is 121 Å². The Balaban J connectivity index is 1.57. The lowest BCUT2D eigenvalue weighted by Gasteiger charge is -2.26. The quantitative estimate of drug-likeness (QED) is 0.224. The highest BCUT2D eigenvalue weighted by Gasteiger charge is 2.24. The van der Waals surface area contributed by atoms with Gasteiger partial charge in [-0.3, -0.25) is 0 Å². The molecule has 6 aromatic carbocycles. The van der Waals surface area contributed by atoms with Crippen molar-refractivity contribution in [2.24, 2.45) is 0 Å². The normalized spacial score (nSPS) is 12.5. The zero-order valence-electron chi connectivity index (χ0n) is 21.7. The van der Waals surface area contributed by atoms with Crippen LogP contribution < -0.4 is 4.67 Å². The van der Waals surface area contributed by atoms with Crippen LogP contribution in [0.4, 0.5) is 0 Å². The minimum absolute atomic E-state index is 0.0726. The summed E-state index contributed by atoms with van der Waals surface area (Å²) < 4.78 is 16.2. The van der Waals surface area contributed by atoms with Gasteiger partial charge in [-0.25, -0.2) is 0 Å². The lowest BCUT2D eigenvalue weighted by atomic mass is 9.99. The highest BCUT2D eigenvalue weighted by molar-refractivity contribution is 7.38. The van der Waals surface area contributed by atoms with Gasteiger partial charge in [0, 0.05) is 23.4 Å². The molecule has 0 N–H and O–H groups in total. The summed E-state index contributed by atoms with van der Waals surface area (Å²) in [5, 5.41) is 6.89. The third-order valence-electron chi connectivity index (χ3n) is 7.51. The fraction of sp³-hybridized carbons (Fsp3) is 0.0857. The van der Waals surface area contributed by atoms with E-state index in [4.69, 9.17) is 8.39 Å². The van der Waals surface area contributed by atoms with Gasteiger partial charge in [0.2, 0.25) is 0 Å². The second kappa shape index (κ2) is 10.1. The van der Waals surface area contributed by atoms with Crippen LogP contribution in [-0.2, 0) is 6.54 Å². The lowest BCUT2D eigenvalue weighted by molar-refractivity contribution is 0.594. The maximum atomic E-state index is 6.94. The highest BCUT2D eigenvalue weighted by Crippen LogP contribution is 2.44. The topological polar surface area (TPSA) is 29.5 Å². The summed E-state index contributed by atoms with van der Waals surface area (Å²) in [6.07, 6.45) is 0. The second-order valence-corrected chi connectivity index (χ2v) is 11.3. The molecule has 3 nitrogen and oxygen atoms in total. The van der Waals surface area contributed by atoms with E-state index in [0.29, 0.717) is 6.54 Å². The molecule has 0 amide bonds. The van der Waals surface area contributed by atoms with E-state index in [1.54, 1.807) is 0 Å². The minimum Gasteiger partial charge on any atom is -0.408 e. The molecule has 1 aromatic heterocycles. The van der Waals surface area contributed by atoms with Gasteiger partial charge in [0.05, 0.1) is 0 Å². The van der Waals surface area contributed by atoms with Crippen molar-refractivity contribution in [2.75, 3.05) is 4.67 Å². The predicted molar refractivity (Wildman–Crippen MR) is 165 cm³/mol. The molecule has 190 valence electrons. The first-order valence-corrected chi connectivity index (χ1v) is 14.4. The van der Waals surface area contributed by atoms with Crippen molar-refractivity contribution in [3.8, 4) is 0 Å². The van der Waals surface area contributed by atoms with Crippen molar-refractivity contribution in [1.82, 2.24) is 0 Å². The average Bonchev–Trinajstić information content (AvgIpc) is 3.18. The number of hydrogen-bond acceptors (Lipinski definition) is 3. The molecule has 0 aliphatic carbocycles. The molecule has 4 heteroatoms. The molecule has 0 spiro atoms. The Morgan fingerprint density at radius 3 is 1.62 bits per heavy atom. The van der Waals surface area contributed by atoms with Crippen molar-refractivity contribution in [2.45, 2.75) is 19.5 Å². The van der Waals surface area contributed by atoms with Crippen LogP contribution in [0.2, 0.25) is 0 Å². The van der Waals surface area contributed by atoms with Crippen molar-refractivity contribution < 1.29 is 8.39 Å². The Morgan fingerprint density at radius 2 is 1.05 bits per heavy atom. The highest BCUT2D eigenvalue weighted by atomic mass is 31.1. The van der Waals surface area contributed by atoms with Crippen molar-refractivity contribution in [3.05, 3.63) is 145 Å². The fourth-order valence-corrected chi connectivity index (χ4v) is 7.06. The molecule has 7 aromatic rings. The summed E-state index contributed by atoms with van der Waals surface area (Å²) in [5.41, 5.74) is 4.16. The van der Waals surface area contributed by atoms with E-state index in [9.17, 15) is 0 Å². The average molecular weight is 526 g/mol. The molecule has 39 heavy (non-hydrogen) atoms. The Hall–Kier alpha value is -4.30. The summed E-state index contributed by atoms with van der Waals surface area (Å²) in [6, 6.07) is 46.8. The van der Waals surface area contributed by atoms with E-state index in [2.05, 4.69) is 145 Å².